The quantitative estimate of drug-likeness (QED) is 0.531. The lowest BCUT2D eigenvalue weighted by molar-refractivity contribution is -0.389. The van der Waals surface area contributed by atoms with Crippen LogP contribution >= 0.6 is 0 Å². The van der Waals surface area contributed by atoms with Crippen molar-refractivity contribution in [2.75, 3.05) is 13.2 Å². The summed E-state index contributed by atoms with van der Waals surface area (Å²) in [5, 5.41) is 10.4. The van der Waals surface area contributed by atoms with Crippen molar-refractivity contribution in [3.8, 4) is 0 Å². The first-order chi connectivity index (χ1) is 6.59. The van der Waals surface area contributed by atoms with E-state index in [2.05, 4.69) is 11.9 Å². The summed E-state index contributed by atoms with van der Waals surface area (Å²) in [5.41, 5.74) is 0.106. The first kappa shape index (κ1) is 9.14. The smallest absolute Gasteiger partial charge is 0.380 e. The maximum absolute atomic E-state index is 10.4. The van der Waals surface area contributed by atoms with Gasteiger partial charge in [-0.15, -0.1) is 0 Å². The molecule has 0 spiro atoms. The van der Waals surface area contributed by atoms with Crippen LogP contribution in [0.5, 0.6) is 0 Å². The fourth-order valence-corrected chi connectivity index (χ4v) is 1.51. The Morgan fingerprint density at radius 1 is 1.79 bits per heavy atom. The Bertz CT molecular complexity index is 356. The lowest BCUT2D eigenvalue weighted by Crippen LogP contribution is -2.42. The molecule has 2 heterocycles. The van der Waals surface area contributed by atoms with Crippen molar-refractivity contribution < 1.29 is 9.66 Å². The molecular formula is C8H11N3O3. The second-order valence-corrected chi connectivity index (χ2v) is 3.96. The Morgan fingerprint density at radius 3 is 2.93 bits per heavy atom. The van der Waals surface area contributed by atoms with E-state index in [1.807, 2.05) is 0 Å². The third kappa shape index (κ3) is 1.60. The first-order valence-corrected chi connectivity index (χ1v) is 4.33. The van der Waals surface area contributed by atoms with Crippen molar-refractivity contribution in [1.82, 2.24) is 9.55 Å². The molecule has 0 atom stereocenters. The minimum atomic E-state index is -0.490. The van der Waals surface area contributed by atoms with E-state index in [1.165, 1.54) is 12.5 Å². The molecule has 0 aliphatic carbocycles. The van der Waals surface area contributed by atoms with E-state index in [0.29, 0.717) is 19.8 Å². The lowest BCUT2D eigenvalue weighted by Gasteiger charge is -2.37. The van der Waals surface area contributed by atoms with Gasteiger partial charge in [-0.1, -0.05) is 6.92 Å². The molecule has 1 saturated heterocycles. The summed E-state index contributed by atoms with van der Waals surface area (Å²) in [4.78, 5) is 13.6. The highest BCUT2D eigenvalue weighted by Gasteiger charge is 2.34. The first-order valence-electron chi connectivity index (χ1n) is 4.33. The van der Waals surface area contributed by atoms with Crippen LogP contribution in [0, 0.1) is 15.5 Å². The minimum absolute atomic E-state index is 0.103. The Morgan fingerprint density at radius 2 is 2.50 bits per heavy atom. The van der Waals surface area contributed by atoms with Crippen LogP contribution in [-0.2, 0) is 11.3 Å². The van der Waals surface area contributed by atoms with Crippen LogP contribution in [-0.4, -0.2) is 27.7 Å². The topological polar surface area (TPSA) is 70.2 Å². The fraction of sp³-hybridized carbons (Fsp3) is 0.625. The summed E-state index contributed by atoms with van der Waals surface area (Å²) in [7, 11) is 0. The summed E-state index contributed by atoms with van der Waals surface area (Å²) in [5.74, 6) is -0.103. The maximum Gasteiger partial charge on any atom is 0.381 e. The Labute approximate surface area is 80.7 Å². The lowest BCUT2D eigenvalue weighted by atomic mass is 9.89. The molecule has 0 bridgehead atoms. The van der Waals surface area contributed by atoms with Crippen molar-refractivity contribution in [2.45, 2.75) is 13.5 Å². The van der Waals surface area contributed by atoms with Crippen molar-refractivity contribution in [1.29, 1.82) is 0 Å². The van der Waals surface area contributed by atoms with Crippen molar-refractivity contribution >= 4 is 5.82 Å². The number of ether oxygens (including phenoxy) is 1. The van der Waals surface area contributed by atoms with E-state index in [-0.39, 0.29) is 11.2 Å². The van der Waals surface area contributed by atoms with Gasteiger partial charge in [-0.25, -0.2) is 0 Å². The Kier molecular flexibility index (Phi) is 1.99. The molecule has 0 unspecified atom stereocenters. The number of nitro groups is 1. The van der Waals surface area contributed by atoms with Gasteiger partial charge in [0.05, 0.1) is 13.2 Å². The van der Waals surface area contributed by atoms with Gasteiger partial charge in [-0.2, -0.15) is 0 Å². The standard InChI is InChI=1S/C8H11N3O3/c1-8(4-14-5-8)3-10-2-7(9-6-10)11(12)13/h2,6H,3-5H2,1H3. The van der Waals surface area contributed by atoms with Gasteiger partial charge in [0.2, 0.25) is 6.33 Å². The summed E-state index contributed by atoms with van der Waals surface area (Å²) in [6.07, 6.45) is 2.94. The van der Waals surface area contributed by atoms with Gasteiger partial charge in [-0.05, 0) is 9.91 Å². The van der Waals surface area contributed by atoms with Crippen LogP contribution in [0.4, 0.5) is 5.82 Å². The van der Waals surface area contributed by atoms with Crippen molar-refractivity contribution in [3.63, 3.8) is 0 Å². The molecule has 76 valence electrons. The SMILES string of the molecule is CC1(Cn2cnc([N+](=O)[O-])c2)COC1. The average molecular weight is 197 g/mol. The number of hydrogen-bond acceptors (Lipinski definition) is 4. The van der Waals surface area contributed by atoms with Crippen molar-refractivity contribution in [3.05, 3.63) is 22.6 Å². The van der Waals surface area contributed by atoms with Gasteiger partial charge in [0.1, 0.15) is 6.20 Å². The number of rotatable bonds is 3. The van der Waals surface area contributed by atoms with E-state index < -0.39 is 4.92 Å². The second-order valence-electron chi connectivity index (χ2n) is 3.96. The molecule has 14 heavy (non-hydrogen) atoms. The minimum Gasteiger partial charge on any atom is -0.380 e. The number of hydrogen-bond donors (Lipinski definition) is 0. The number of aromatic nitrogens is 2. The van der Waals surface area contributed by atoms with Crippen molar-refractivity contribution in [2.24, 2.45) is 5.41 Å². The zero-order valence-corrected chi connectivity index (χ0v) is 7.84. The highest BCUT2D eigenvalue weighted by atomic mass is 16.6. The maximum atomic E-state index is 10.4. The molecule has 1 aliphatic rings. The van der Waals surface area contributed by atoms with Gasteiger partial charge in [0, 0.05) is 12.0 Å². The Balaban J connectivity index is 2.06. The molecule has 1 aliphatic heterocycles. The monoisotopic (exact) mass is 197 g/mol. The van der Waals surface area contributed by atoms with Crippen LogP contribution in [0.1, 0.15) is 6.92 Å². The summed E-state index contributed by atoms with van der Waals surface area (Å²) >= 11 is 0. The summed E-state index contributed by atoms with van der Waals surface area (Å²) in [6, 6.07) is 0. The molecule has 0 saturated carbocycles. The molecule has 0 radical (unpaired) electrons. The second kappa shape index (κ2) is 3.06. The average Bonchev–Trinajstić information content (AvgIpc) is 2.50. The molecule has 1 fully saturated rings. The molecule has 1 aromatic heterocycles. The van der Waals surface area contributed by atoms with Gasteiger partial charge >= 0.3 is 5.82 Å². The van der Waals surface area contributed by atoms with E-state index in [0.717, 1.165) is 0 Å². The third-order valence-electron chi connectivity index (χ3n) is 2.27. The van der Waals surface area contributed by atoms with Gasteiger partial charge < -0.3 is 19.4 Å². The van der Waals surface area contributed by atoms with Gasteiger partial charge in [0.25, 0.3) is 0 Å². The number of nitrogens with zero attached hydrogens (tertiary/aromatic N) is 3. The predicted molar refractivity (Wildman–Crippen MR) is 47.8 cm³/mol. The molecule has 0 aromatic carbocycles. The summed E-state index contributed by atoms with van der Waals surface area (Å²) < 4.78 is 6.83. The molecule has 0 N–H and O–H groups in total. The van der Waals surface area contributed by atoms with Crippen LogP contribution in [0.3, 0.4) is 0 Å². The fourth-order valence-electron chi connectivity index (χ4n) is 1.51. The Hall–Kier alpha value is -1.43. The van der Waals surface area contributed by atoms with E-state index >= 15 is 0 Å². The molecule has 6 heteroatoms. The van der Waals surface area contributed by atoms with E-state index in [9.17, 15) is 10.1 Å². The highest BCUT2D eigenvalue weighted by molar-refractivity contribution is 5.12. The summed E-state index contributed by atoms with van der Waals surface area (Å²) in [6.45, 7) is 4.22. The van der Waals surface area contributed by atoms with Gasteiger partial charge in [-0.3, -0.25) is 0 Å². The van der Waals surface area contributed by atoms with E-state index in [4.69, 9.17) is 4.74 Å². The van der Waals surface area contributed by atoms with Gasteiger partial charge in [0.15, 0.2) is 0 Å². The van der Waals surface area contributed by atoms with Crippen LogP contribution in [0.25, 0.3) is 0 Å². The van der Waals surface area contributed by atoms with Crippen LogP contribution in [0.2, 0.25) is 0 Å². The zero-order chi connectivity index (χ0) is 10.2. The van der Waals surface area contributed by atoms with E-state index in [1.54, 1.807) is 4.57 Å². The highest BCUT2D eigenvalue weighted by Crippen LogP contribution is 2.28. The largest absolute Gasteiger partial charge is 0.381 e. The molecule has 6 nitrogen and oxygen atoms in total. The predicted octanol–water partition coefficient (Wildman–Crippen LogP) is 0.828. The zero-order valence-electron chi connectivity index (χ0n) is 7.84. The number of imidazole rings is 1. The van der Waals surface area contributed by atoms with Crippen LogP contribution in [0.15, 0.2) is 12.5 Å². The van der Waals surface area contributed by atoms with Crippen LogP contribution < -0.4 is 0 Å². The molecular weight excluding hydrogens is 186 g/mol. The molecule has 0 amide bonds. The third-order valence-corrected chi connectivity index (χ3v) is 2.27. The normalized spacial score (nSPS) is 18.9. The molecule has 1 aromatic rings. The molecule has 2 rings (SSSR count).